The van der Waals surface area contributed by atoms with Crippen LogP contribution in [0.1, 0.15) is 0 Å². The third-order valence-electron chi connectivity index (χ3n) is 1.85. The first kappa shape index (κ1) is 8.50. The molecule has 2 rings (SSSR count). The summed E-state index contributed by atoms with van der Waals surface area (Å²) in [4.78, 5) is 11.4. The maximum absolute atomic E-state index is 11.4. The summed E-state index contributed by atoms with van der Waals surface area (Å²) in [7, 11) is 0. The number of benzene rings is 1. The zero-order valence-electron chi connectivity index (χ0n) is 7.42. The van der Waals surface area contributed by atoms with Crippen molar-refractivity contribution in [2.24, 2.45) is 0 Å². The van der Waals surface area contributed by atoms with Gasteiger partial charge in [0.2, 0.25) is 0 Å². The van der Waals surface area contributed by atoms with Crippen molar-refractivity contribution in [1.29, 1.82) is 0 Å². The van der Waals surface area contributed by atoms with Crippen LogP contribution in [0.3, 0.4) is 0 Å². The molecule has 0 aliphatic carbocycles. The summed E-state index contributed by atoms with van der Waals surface area (Å²) in [6, 6.07) is 10.0. The number of rotatable bonds is 1. The van der Waals surface area contributed by atoms with Crippen LogP contribution in [-0.2, 0) is 0 Å². The smallest absolute Gasteiger partial charge is 0.271 e. The highest BCUT2D eigenvalue weighted by molar-refractivity contribution is 5.44. The third kappa shape index (κ3) is 1.50. The van der Waals surface area contributed by atoms with Crippen LogP contribution in [0.5, 0.6) is 0 Å². The molecule has 14 heavy (non-hydrogen) atoms. The SMILES string of the molecule is Nc1ccc(-n2ncccc2=O)cc1. The molecule has 0 saturated heterocycles. The lowest BCUT2D eigenvalue weighted by atomic mass is 10.3. The molecule has 1 aromatic heterocycles. The van der Waals surface area contributed by atoms with Crippen LogP contribution in [0.2, 0.25) is 0 Å². The third-order valence-corrected chi connectivity index (χ3v) is 1.85. The van der Waals surface area contributed by atoms with E-state index in [1.165, 1.54) is 10.7 Å². The fourth-order valence-corrected chi connectivity index (χ4v) is 1.17. The van der Waals surface area contributed by atoms with Crippen molar-refractivity contribution >= 4 is 5.69 Å². The summed E-state index contributed by atoms with van der Waals surface area (Å²) < 4.78 is 1.32. The Balaban J connectivity index is 2.56. The molecule has 0 spiro atoms. The first-order chi connectivity index (χ1) is 6.77. The summed E-state index contributed by atoms with van der Waals surface area (Å²) >= 11 is 0. The molecule has 4 heteroatoms. The number of nitrogens with zero attached hydrogens (tertiary/aromatic N) is 2. The fraction of sp³-hybridized carbons (Fsp3) is 0. The van der Waals surface area contributed by atoms with E-state index in [1.807, 2.05) is 0 Å². The van der Waals surface area contributed by atoms with Gasteiger partial charge in [-0.3, -0.25) is 4.79 Å². The van der Waals surface area contributed by atoms with E-state index in [-0.39, 0.29) is 5.56 Å². The molecule has 0 aliphatic rings. The first-order valence-electron chi connectivity index (χ1n) is 4.17. The van der Waals surface area contributed by atoms with Gasteiger partial charge in [-0.2, -0.15) is 9.78 Å². The van der Waals surface area contributed by atoms with Gasteiger partial charge in [-0.05, 0) is 30.3 Å². The van der Waals surface area contributed by atoms with Gasteiger partial charge in [0, 0.05) is 18.0 Å². The Kier molecular flexibility index (Phi) is 2.02. The minimum Gasteiger partial charge on any atom is -0.399 e. The number of nitrogens with two attached hydrogens (primary N) is 1. The molecule has 0 atom stereocenters. The van der Waals surface area contributed by atoms with Crippen molar-refractivity contribution in [3.8, 4) is 5.69 Å². The summed E-state index contributed by atoms with van der Waals surface area (Å²) in [6.45, 7) is 0. The van der Waals surface area contributed by atoms with Gasteiger partial charge < -0.3 is 5.73 Å². The predicted octanol–water partition coefficient (Wildman–Crippen LogP) is 0.815. The average Bonchev–Trinajstić information content (AvgIpc) is 2.20. The molecule has 0 radical (unpaired) electrons. The van der Waals surface area contributed by atoms with Crippen LogP contribution in [0.25, 0.3) is 5.69 Å². The second-order valence-corrected chi connectivity index (χ2v) is 2.87. The van der Waals surface area contributed by atoms with Gasteiger partial charge in [-0.25, -0.2) is 0 Å². The van der Waals surface area contributed by atoms with Crippen LogP contribution < -0.4 is 11.3 Å². The zero-order valence-corrected chi connectivity index (χ0v) is 7.42. The largest absolute Gasteiger partial charge is 0.399 e. The molecule has 2 aromatic rings. The standard InChI is InChI=1S/C10H9N3O/c11-8-3-5-9(6-4-8)13-10(14)2-1-7-12-13/h1-7H,11H2. The van der Waals surface area contributed by atoms with E-state index in [2.05, 4.69) is 5.10 Å². The van der Waals surface area contributed by atoms with Crippen LogP contribution in [0.15, 0.2) is 47.4 Å². The molecule has 0 fully saturated rings. The minimum absolute atomic E-state index is 0.155. The zero-order chi connectivity index (χ0) is 9.97. The van der Waals surface area contributed by atoms with Crippen molar-refractivity contribution in [3.63, 3.8) is 0 Å². The lowest BCUT2D eigenvalue weighted by Crippen LogP contribution is -2.18. The van der Waals surface area contributed by atoms with E-state index in [4.69, 9.17) is 5.73 Å². The first-order valence-corrected chi connectivity index (χ1v) is 4.17. The number of hydrogen-bond acceptors (Lipinski definition) is 3. The summed E-state index contributed by atoms with van der Waals surface area (Å²) in [5.74, 6) is 0. The second-order valence-electron chi connectivity index (χ2n) is 2.87. The van der Waals surface area contributed by atoms with Gasteiger partial charge in [0.25, 0.3) is 5.56 Å². The van der Waals surface area contributed by atoms with Crippen molar-refractivity contribution in [2.75, 3.05) is 5.73 Å². The number of nitrogen functional groups attached to an aromatic ring is 1. The molecule has 1 aromatic carbocycles. The van der Waals surface area contributed by atoms with E-state index in [1.54, 1.807) is 36.5 Å². The minimum atomic E-state index is -0.155. The van der Waals surface area contributed by atoms with E-state index < -0.39 is 0 Å². The molecular formula is C10H9N3O. The molecular weight excluding hydrogens is 178 g/mol. The normalized spacial score (nSPS) is 10.0. The Morgan fingerprint density at radius 1 is 1.14 bits per heavy atom. The van der Waals surface area contributed by atoms with E-state index >= 15 is 0 Å². The summed E-state index contributed by atoms with van der Waals surface area (Å²) in [5.41, 5.74) is 6.76. The lowest BCUT2D eigenvalue weighted by molar-refractivity contribution is 0.807. The van der Waals surface area contributed by atoms with Gasteiger partial charge in [0.1, 0.15) is 0 Å². The molecule has 0 bridgehead atoms. The molecule has 70 valence electrons. The van der Waals surface area contributed by atoms with E-state index in [0.717, 1.165) is 0 Å². The highest BCUT2D eigenvalue weighted by Crippen LogP contribution is 2.06. The van der Waals surface area contributed by atoms with Gasteiger partial charge >= 0.3 is 0 Å². The van der Waals surface area contributed by atoms with Crippen LogP contribution in [0, 0.1) is 0 Å². The topological polar surface area (TPSA) is 60.9 Å². The van der Waals surface area contributed by atoms with Gasteiger partial charge in [0.15, 0.2) is 0 Å². The molecule has 2 N–H and O–H groups in total. The van der Waals surface area contributed by atoms with Crippen molar-refractivity contribution in [3.05, 3.63) is 52.9 Å². The monoisotopic (exact) mass is 187 g/mol. The van der Waals surface area contributed by atoms with Crippen LogP contribution in [0.4, 0.5) is 5.69 Å². The molecule has 4 nitrogen and oxygen atoms in total. The quantitative estimate of drug-likeness (QED) is 0.672. The average molecular weight is 187 g/mol. The van der Waals surface area contributed by atoms with Gasteiger partial charge in [-0.1, -0.05) is 0 Å². The van der Waals surface area contributed by atoms with Crippen molar-refractivity contribution in [2.45, 2.75) is 0 Å². The Labute approximate surface area is 80.6 Å². The summed E-state index contributed by atoms with van der Waals surface area (Å²) in [6.07, 6.45) is 1.57. The fourth-order valence-electron chi connectivity index (χ4n) is 1.17. The van der Waals surface area contributed by atoms with Crippen LogP contribution in [-0.4, -0.2) is 9.78 Å². The van der Waals surface area contributed by atoms with Crippen molar-refractivity contribution in [1.82, 2.24) is 9.78 Å². The highest BCUT2D eigenvalue weighted by atomic mass is 16.1. The van der Waals surface area contributed by atoms with E-state index in [9.17, 15) is 4.79 Å². The maximum Gasteiger partial charge on any atom is 0.271 e. The lowest BCUT2D eigenvalue weighted by Gasteiger charge is -2.02. The Morgan fingerprint density at radius 3 is 2.50 bits per heavy atom. The number of anilines is 1. The molecule has 1 heterocycles. The molecule has 0 unspecified atom stereocenters. The number of hydrogen-bond donors (Lipinski definition) is 1. The van der Waals surface area contributed by atoms with Crippen molar-refractivity contribution < 1.29 is 0 Å². The second kappa shape index (κ2) is 3.33. The summed E-state index contributed by atoms with van der Waals surface area (Å²) in [5, 5.41) is 3.94. The maximum atomic E-state index is 11.4. The van der Waals surface area contributed by atoms with Gasteiger partial charge in [-0.15, -0.1) is 0 Å². The molecule has 0 aliphatic heterocycles. The molecule has 0 amide bonds. The number of aromatic nitrogens is 2. The Bertz CT molecular complexity index is 487. The van der Waals surface area contributed by atoms with Crippen LogP contribution >= 0.6 is 0 Å². The predicted molar refractivity (Wildman–Crippen MR) is 54.2 cm³/mol. The Morgan fingerprint density at radius 2 is 1.86 bits per heavy atom. The molecule has 0 saturated carbocycles. The van der Waals surface area contributed by atoms with E-state index in [0.29, 0.717) is 11.4 Å². The Hall–Kier alpha value is -2.10. The van der Waals surface area contributed by atoms with Gasteiger partial charge in [0.05, 0.1) is 5.69 Å². The highest BCUT2D eigenvalue weighted by Gasteiger charge is 1.97.